The molecule has 0 aliphatic heterocycles. The van der Waals surface area contributed by atoms with Gasteiger partial charge in [0.1, 0.15) is 5.00 Å². The highest BCUT2D eigenvalue weighted by Crippen LogP contribution is 2.40. The molecule has 8 heteroatoms. The smallest absolute Gasteiger partial charge is 0.339 e. The molecule has 0 saturated carbocycles. The third-order valence-electron chi connectivity index (χ3n) is 5.31. The van der Waals surface area contributed by atoms with Gasteiger partial charge >= 0.3 is 11.7 Å². The molecule has 31 heavy (non-hydrogen) atoms. The van der Waals surface area contributed by atoms with Crippen LogP contribution in [0.25, 0.3) is 0 Å². The van der Waals surface area contributed by atoms with Crippen LogP contribution < -0.4 is 0 Å². The van der Waals surface area contributed by atoms with Gasteiger partial charge in [-0.3, -0.25) is 10.1 Å². The number of nitro groups is 1. The average Bonchev–Trinajstić information content (AvgIpc) is 3.13. The van der Waals surface area contributed by atoms with Crippen molar-refractivity contribution in [2.24, 2.45) is 4.99 Å². The zero-order valence-electron chi connectivity index (χ0n) is 16.6. The van der Waals surface area contributed by atoms with Crippen LogP contribution in [0.1, 0.15) is 50.3 Å². The number of carboxylic acids is 1. The number of phenolic OH excluding ortho intramolecular Hbond substituents is 1. The van der Waals surface area contributed by atoms with E-state index in [4.69, 9.17) is 0 Å². The third kappa shape index (κ3) is 4.34. The summed E-state index contributed by atoms with van der Waals surface area (Å²) in [6, 6.07) is 12.5. The first-order valence-electron chi connectivity index (χ1n) is 9.90. The number of fused-ring (bicyclic) bond motifs is 1. The van der Waals surface area contributed by atoms with Crippen molar-refractivity contribution in [3.05, 3.63) is 85.3 Å². The number of benzene rings is 2. The molecule has 0 atom stereocenters. The molecular weight excluding hydrogens is 416 g/mol. The topological polar surface area (TPSA) is 113 Å². The number of aryl methyl sites for hydroxylation is 1. The number of rotatable bonds is 6. The molecule has 1 aliphatic rings. The molecule has 0 spiro atoms. The molecule has 3 aromatic rings. The van der Waals surface area contributed by atoms with Crippen LogP contribution in [0.15, 0.2) is 47.5 Å². The van der Waals surface area contributed by atoms with Gasteiger partial charge in [-0.25, -0.2) is 9.79 Å². The van der Waals surface area contributed by atoms with Gasteiger partial charge < -0.3 is 10.2 Å². The van der Waals surface area contributed by atoms with Crippen molar-refractivity contribution in [1.82, 2.24) is 0 Å². The Morgan fingerprint density at radius 3 is 2.61 bits per heavy atom. The second kappa shape index (κ2) is 8.69. The van der Waals surface area contributed by atoms with Crippen molar-refractivity contribution in [1.29, 1.82) is 0 Å². The van der Waals surface area contributed by atoms with Crippen molar-refractivity contribution in [3.63, 3.8) is 0 Å². The SMILES string of the molecule is O=C(O)c1c(N=Cc2cc(Cc3ccccc3)cc([N+](=O)[O-])c2O)sc2c1CCCC2. The summed E-state index contributed by atoms with van der Waals surface area (Å²) in [5, 5.41) is 31.9. The number of thiophene rings is 1. The number of aliphatic imine (C=N–C) groups is 1. The second-order valence-electron chi connectivity index (χ2n) is 7.43. The van der Waals surface area contributed by atoms with E-state index in [0.717, 1.165) is 35.3 Å². The highest BCUT2D eigenvalue weighted by atomic mass is 32.1. The number of nitrogens with zero attached hydrogens (tertiary/aromatic N) is 2. The molecule has 0 radical (unpaired) electrons. The molecule has 7 nitrogen and oxygen atoms in total. The average molecular weight is 436 g/mol. The summed E-state index contributed by atoms with van der Waals surface area (Å²) in [5.74, 6) is -1.51. The summed E-state index contributed by atoms with van der Waals surface area (Å²) < 4.78 is 0. The molecule has 0 amide bonds. The van der Waals surface area contributed by atoms with Crippen LogP contribution in [0.5, 0.6) is 5.75 Å². The number of hydrogen-bond donors (Lipinski definition) is 2. The molecule has 0 saturated heterocycles. The fourth-order valence-electron chi connectivity index (χ4n) is 3.86. The summed E-state index contributed by atoms with van der Waals surface area (Å²) in [4.78, 5) is 28.0. The molecule has 2 aromatic carbocycles. The minimum atomic E-state index is -1.03. The third-order valence-corrected chi connectivity index (χ3v) is 6.51. The summed E-state index contributed by atoms with van der Waals surface area (Å²) in [6.07, 6.45) is 5.29. The van der Waals surface area contributed by atoms with Gasteiger partial charge in [0.15, 0.2) is 0 Å². The van der Waals surface area contributed by atoms with E-state index in [9.17, 15) is 25.1 Å². The number of aromatic carboxylic acids is 1. The van der Waals surface area contributed by atoms with E-state index >= 15 is 0 Å². The lowest BCUT2D eigenvalue weighted by molar-refractivity contribution is -0.385. The fraction of sp³-hybridized carbons (Fsp3) is 0.217. The van der Waals surface area contributed by atoms with E-state index in [1.807, 2.05) is 30.3 Å². The lowest BCUT2D eigenvalue weighted by Gasteiger charge is -2.10. The van der Waals surface area contributed by atoms with Crippen LogP contribution in [-0.4, -0.2) is 27.3 Å². The Morgan fingerprint density at radius 2 is 1.90 bits per heavy atom. The standard InChI is InChI=1S/C23H20N2O5S/c26-21-16(11-15(12-18(21)25(29)30)10-14-6-2-1-3-7-14)13-24-22-20(23(27)28)17-8-4-5-9-19(17)31-22/h1-3,6-7,11-13,26H,4-5,8-10H2,(H,27,28). The van der Waals surface area contributed by atoms with Crippen LogP contribution in [0.4, 0.5) is 10.7 Å². The fourth-order valence-corrected chi connectivity index (χ4v) is 5.09. The Labute approximate surface area is 182 Å². The van der Waals surface area contributed by atoms with E-state index in [0.29, 0.717) is 23.4 Å². The van der Waals surface area contributed by atoms with Crippen LogP contribution >= 0.6 is 11.3 Å². The van der Waals surface area contributed by atoms with Gasteiger partial charge in [0.2, 0.25) is 5.75 Å². The zero-order chi connectivity index (χ0) is 22.0. The minimum absolute atomic E-state index is 0.183. The molecule has 1 aliphatic carbocycles. The van der Waals surface area contributed by atoms with Gasteiger partial charge in [-0.1, -0.05) is 30.3 Å². The van der Waals surface area contributed by atoms with E-state index in [1.165, 1.54) is 23.6 Å². The van der Waals surface area contributed by atoms with Gasteiger partial charge in [-0.05, 0) is 54.9 Å². The van der Waals surface area contributed by atoms with Crippen LogP contribution in [-0.2, 0) is 19.3 Å². The normalized spacial score (nSPS) is 13.3. The first-order chi connectivity index (χ1) is 14.9. The maximum atomic E-state index is 11.8. The number of carboxylic acid groups (broad SMARTS) is 1. The van der Waals surface area contributed by atoms with Crippen LogP contribution in [0.3, 0.4) is 0 Å². The van der Waals surface area contributed by atoms with Crippen molar-refractivity contribution in [2.45, 2.75) is 32.1 Å². The highest BCUT2D eigenvalue weighted by molar-refractivity contribution is 7.16. The minimum Gasteiger partial charge on any atom is -0.502 e. The number of hydrogen-bond acceptors (Lipinski definition) is 6. The Bertz CT molecular complexity index is 1180. The predicted molar refractivity (Wildman–Crippen MR) is 119 cm³/mol. The molecule has 158 valence electrons. The van der Waals surface area contributed by atoms with Gasteiger partial charge in [-0.15, -0.1) is 11.3 Å². The molecule has 0 unspecified atom stereocenters. The van der Waals surface area contributed by atoms with Crippen molar-refractivity contribution < 1.29 is 19.9 Å². The Balaban J connectivity index is 1.74. The maximum absolute atomic E-state index is 11.8. The Hall–Kier alpha value is -3.52. The Morgan fingerprint density at radius 1 is 1.16 bits per heavy atom. The van der Waals surface area contributed by atoms with E-state index in [1.54, 1.807) is 6.07 Å². The number of aromatic hydroxyl groups is 1. The zero-order valence-corrected chi connectivity index (χ0v) is 17.4. The summed E-state index contributed by atoms with van der Waals surface area (Å²) >= 11 is 1.34. The molecule has 0 bridgehead atoms. The van der Waals surface area contributed by atoms with Crippen LogP contribution in [0, 0.1) is 10.1 Å². The van der Waals surface area contributed by atoms with Crippen molar-refractivity contribution in [3.8, 4) is 5.75 Å². The molecule has 4 rings (SSSR count). The maximum Gasteiger partial charge on any atom is 0.339 e. The van der Waals surface area contributed by atoms with Gasteiger partial charge in [0.25, 0.3) is 0 Å². The monoisotopic (exact) mass is 436 g/mol. The largest absolute Gasteiger partial charge is 0.502 e. The Kier molecular flexibility index (Phi) is 5.81. The summed E-state index contributed by atoms with van der Waals surface area (Å²) in [7, 11) is 0. The van der Waals surface area contributed by atoms with Gasteiger partial charge in [-0.2, -0.15) is 0 Å². The quantitative estimate of drug-likeness (QED) is 0.310. The van der Waals surface area contributed by atoms with E-state index in [-0.39, 0.29) is 11.1 Å². The van der Waals surface area contributed by atoms with E-state index in [2.05, 4.69) is 4.99 Å². The molecular formula is C23H20N2O5S. The predicted octanol–water partition coefficient (Wildman–Crippen LogP) is 5.28. The van der Waals surface area contributed by atoms with Crippen LogP contribution in [0.2, 0.25) is 0 Å². The van der Waals surface area contributed by atoms with E-state index < -0.39 is 22.3 Å². The summed E-state index contributed by atoms with van der Waals surface area (Å²) in [6.45, 7) is 0. The first-order valence-corrected chi connectivity index (χ1v) is 10.7. The first kappa shape index (κ1) is 20.7. The number of carbonyl (C=O) groups is 1. The van der Waals surface area contributed by atoms with Gasteiger partial charge in [0.05, 0.1) is 10.5 Å². The van der Waals surface area contributed by atoms with Gasteiger partial charge in [0, 0.05) is 22.7 Å². The number of phenols is 1. The second-order valence-corrected chi connectivity index (χ2v) is 8.51. The molecule has 1 heterocycles. The molecule has 0 fully saturated rings. The molecule has 1 aromatic heterocycles. The molecule has 2 N–H and O–H groups in total. The van der Waals surface area contributed by atoms with Crippen molar-refractivity contribution in [2.75, 3.05) is 0 Å². The lowest BCUT2D eigenvalue weighted by atomic mass is 9.95. The number of nitro benzene ring substituents is 1. The lowest BCUT2D eigenvalue weighted by Crippen LogP contribution is -2.05. The highest BCUT2D eigenvalue weighted by Gasteiger charge is 2.25. The summed E-state index contributed by atoms with van der Waals surface area (Å²) in [5.41, 5.74) is 2.45. The van der Waals surface area contributed by atoms with Crippen molar-refractivity contribution >= 4 is 34.2 Å².